The van der Waals surface area contributed by atoms with E-state index in [9.17, 15) is 14.8 Å². The summed E-state index contributed by atoms with van der Waals surface area (Å²) in [6.07, 6.45) is 6.74. The van der Waals surface area contributed by atoms with E-state index in [1.165, 1.54) is 5.56 Å². The Hall–Kier alpha value is -2.32. The van der Waals surface area contributed by atoms with Crippen LogP contribution >= 0.6 is 0 Å². The van der Waals surface area contributed by atoms with Crippen molar-refractivity contribution in [1.82, 2.24) is 10.3 Å². The normalized spacial score (nSPS) is 30.7. The Morgan fingerprint density at radius 1 is 1.26 bits per heavy atom. The molecular formula is C27H33BF2N2O3. The summed E-state index contributed by atoms with van der Waals surface area (Å²) < 4.78 is 30.9. The zero-order valence-corrected chi connectivity index (χ0v) is 20.1. The fourth-order valence-electron chi connectivity index (χ4n) is 7.39. The third kappa shape index (κ3) is 4.40. The molecule has 3 aliphatic carbocycles. The molecule has 1 aromatic carbocycles. The molecule has 1 aromatic heterocycles. The van der Waals surface area contributed by atoms with Gasteiger partial charge in [0.25, 0.3) is 5.92 Å². The summed E-state index contributed by atoms with van der Waals surface area (Å²) in [4.78, 5) is 16.6. The van der Waals surface area contributed by atoms with E-state index in [2.05, 4.69) is 10.3 Å². The van der Waals surface area contributed by atoms with E-state index < -0.39 is 18.5 Å². The van der Waals surface area contributed by atoms with Crippen LogP contribution in [0.2, 0.25) is 0 Å². The maximum atomic E-state index is 15.4. The summed E-state index contributed by atoms with van der Waals surface area (Å²) in [5.74, 6) is -2.79. The van der Waals surface area contributed by atoms with Gasteiger partial charge in [0.1, 0.15) is 0 Å². The number of aromatic nitrogens is 1. The summed E-state index contributed by atoms with van der Waals surface area (Å²) in [5.41, 5.74) is 2.63. The highest BCUT2D eigenvalue weighted by Crippen LogP contribution is 2.68. The number of carbonyl (C=O) groups excluding carboxylic acids is 1. The summed E-state index contributed by atoms with van der Waals surface area (Å²) in [6.45, 7) is 2.16. The first kappa shape index (κ1) is 24.4. The molecule has 3 aliphatic rings. The van der Waals surface area contributed by atoms with Crippen molar-refractivity contribution in [3.63, 3.8) is 0 Å². The van der Waals surface area contributed by atoms with Gasteiger partial charge in [0, 0.05) is 37.2 Å². The first-order valence-corrected chi connectivity index (χ1v) is 12.7. The number of pyridine rings is 1. The number of fused-ring (bicyclic) bond motifs is 5. The summed E-state index contributed by atoms with van der Waals surface area (Å²) in [7, 11) is -1.50. The predicted octanol–water partition coefficient (Wildman–Crippen LogP) is 3.58. The number of amides is 1. The van der Waals surface area contributed by atoms with Crippen LogP contribution in [0.4, 0.5) is 8.78 Å². The molecule has 8 heteroatoms. The molecule has 0 saturated heterocycles. The molecule has 0 aliphatic heterocycles. The van der Waals surface area contributed by atoms with Crippen molar-refractivity contribution in [1.29, 1.82) is 0 Å². The Labute approximate surface area is 205 Å². The van der Waals surface area contributed by atoms with Gasteiger partial charge in [-0.2, -0.15) is 0 Å². The topological polar surface area (TPSA) is 82.5 Å². The van der Waals surface area contributed by atoms with Gasteiger partial charge in [-0.15, -0.1) is 0 Å². The van der Waals surface area contributed by atoms with Gasteiger partial charge in [0.05, 0.1) is 0 Å². The largest absolute Gasteiger partial charge is 0.488 e. The maximum absolute atomic E-state index is 15.4. The Kier molecular flexibility index (Phi) is 6.47. The van der Waals surface area contributed by atoms with Crippen molar-refractivity contribution < 1.29 is 23.6 Å². The van der Waals surface area contributed by atoms with Gasteiger partial charge in [-0.3, -0.25) is 9.78 Å². The van der Waals surface area contributed by atoms with E-state index in [1.807, 2.05) is 24.3 Å². The monoisotopic (exact) mass is 482 g/mol. The van der Waals surface area contributed by atoms with Crippen molar-refractivity contribution in [3.05, 3.63) is 59.4 Å². The third-order valence-corrected chi connectivity index (χ3v) is 9.12. The van der Waals surface area contributed by atoms with Crippen LogP contribution in [0.15, 0.2) is 42.7 Å². The number of hydrogen-bond donors (Lipinski definition) is 3. The Bertz CT molecular complexity index is 1080. The van der Waals surface area contributed by atoms with E-state index in [4.69, 9.17) is 0 Å². The van der Waals surface area contributed by atoms with Gasteiger partial charge in [-0.25, -0.2) is 8.78 Å². The number of alkyl halides is 2. The second-order valence-electron chi connectivity index (χ2n) is 11.0. The molecule has 0 bridgehead atoms. The molecule has 0 radical (unpaired) electrons. The molecule has 0 spiro atoms. The average Bonchev–Trinajstić information content (AvgIpc) is 3.06. The van der Waals surface area contributed by atoms with Crippen LogP contribution in [-0.2, 0) is 17.8 Å². The molecule has 5 rings (SSSR count). The van der Waals surface area contributed by atoms with E-state index >= 15 is 8.78 Å². The number of nitrogens with zero attached hydrogens (tertiary/aromatic N) is 1. The molecule has 1 heterocycles. The Morgan fingerprint density at radius 3 is 2.83 bits per heavy atom. The molecule has 0 unspecified atom stereocenters. The molecular weight excluding hydrogens is 449 g/mol. The molecule has 3 N–H and O–H groups in total. The highest BCUT2D eigenvalue weighted by Gasteiger charge is 2.67. The zero-order valence-electron chi connectivity index (χ0n) is 20.1. The lowest BCUT2D eigenvalue weighted by Gasteiger charge is -2.51. The SMILES string of the molecule is C[C@]12CC[C@@H]3c4ccc(B(O)O)cc4CC[C@H]3[C@@H]1[C@H](CCC(=O)NCc1cccnc1)CC2(F)F. The lowest BCUT2D eigenvalue weighted by atomic mass is 9.53. The Balaban J connectivity index is 1.32. The van der Waals surface area contributed by atoms with Crippen LogP contribution in [0, 0.1) is 23.2 Å². The quantitative estimate of drug-likeness (QED) is 0.550. The molecule has 1 amide bonds. The van der Waals surface area contributed by atoms with Crippen LogP contribution in [0.1, 0.15) is 68.1 Å². The lowest BCUT2D eigenvalue weighted by molar-refractivity contribution is -0.133. The van der Waals surface area contributed by atoms with Crippen molar-refractivity contribution in [2.75, 3.05) is 0 Å². The molecule has 186 valence electrons. The van der Waals surface area contributed by atoms with Crippen molar-refractivity contribution >= 4 is 18.5 Å². The third-order valence-electron chi connectivity index (χ3n) is 9.12. The maximum Gasteiger partial charge on any atom is 0.488 e. The van der Waals surface area contributed by atoms with Crippen LogP contribution in [-0.4, -0.2) is 34.0 Å². The number of nitrogens with one attached hydrogen (secondary N) is 1. The number of carbonyl (C=O) groups is 1. The van der Waals surface area contributed by atoms with Gasteiger partial charge in [-0.1, -0.05) is 31.2 Å². The first-order valence-electron chi connectivity index (χ1n) is 12.7. The summed E-state index contributed by atoms with van der Waals surface area (Å²) in [6, 6.07) is 9.28. The standard InChI is InChI=1S/C27H33BF2N2O3/c1-26-11-10-22-21-8-6-20(28(34)35)13-18(21)4-7-23(22)25(26)19(14-27(26,29)30)5-9-24(33)32-16-17-3-2-12-31-15-17/h2-3,6,8,12-13,15,19,22-23,25,34-35H,4-5,7,9-11,14,16H2,1H3,(H,32,33)/t19-,22-,23-,25+,26+/m1/s1. The fraction of sp³-hybridized carbons (Fsp3) is 0.556. The number of aryl methyl sites for hydroxylation is 1. The second-order valence-corrected chi connectivity index (χ2v) is 11.0. The van der Waals surface area contributed by atoms with E-state index in [0.29, 0.717) is 24.8 Å². The van der Waals surface area contributed by atoms with Crippen LogP contribution in [0.5, 0.6) is 0 Å². The molecule has 2 saturated carbocycles. The number of halogens is 2. The van der Waals surface area contributed by atoms with Gasteiger partial charge in [0.2, 0.25) is 5.91 Å². The minimum absolute atomic E-state index is 0.109. The highest BCUT2D eigenvalue weighted by atomic mass is 19.3. The van der Waals surface area contributed by atoms with Gasteiger partial charge >= 0.3 is 7.12 Å². The molecule has 35 heavy (non-hydrogen) atoms. The average molecular weight is 482 g/mol. The first-order chi connectivity index (χ1) is 16.7. The lowest BCUT2D eigenvalue weighted by Crippen LogP contribution is -2.48. The second kappa shape index (κ2) is 9.28. The number of hydrogen-bond acceptors (Lipinski definition) is 4. The van der Waals surface area contributed by atoms with E-state index in [0.717, 1.165) is 30.4 Å². The number of benzene rings is 1. The molecule has 5 atom stereocenters. The van der Waals surface area contributed by atoms with E-state index in [1.54, 1.807) is 25.4 Å². The van der Waals surface area contributed by atoms with Crippen LogP contribution in [0.3, 0.4) is 0 Å². The van der Waals surface area contributed by atoms with Crippen LogP contribution in [0.25, 0.3) is 0 Å². The Morgan fingerprint density at radius 2 is 2.09 bits per heavy atom. The number of rotatable bonds is 6. The van der Waals surface area contributed by atoms with Gasteiger partial charge in [0.15, 0.2) is 0 Å². The van der Waals surface area contributed by atoms with Crippen molar-refractivity contribution in [3.8, 4) is 0 Å². The smallest absolute Gasteiger partial charge is 0.423 e. The van der Waals surface area contributed by atoms with Gasteiger partial charge in [-0.05, 0) is 84.0 Å². The molecule has 2 fully saturated rings. The molecule has 5 nitrogen and oxygen atoms in total. The van der Waals surface area contributed by atoms with E-state index in [-0.39, 0.29) is 42.4 Å². The van der Waals surface area contributed by atoms with Crippen LogP contribution < -0.4 is 10.8 Å². The molecule has 2 aromatic rings. The predicted molar refractivity (Wildman–Crippen MR) is 130 cm³/mol. The highest BCUT2D eigenvalue weighted by molar-refractivity contribution is 6.58. The van der Waals surface area contributed by atoms with Crippen molar-refractivity contribution in [2.24, 2.45) is 23.2 Å². The van der Waals surface area contributed by atoms with Gasteiger partial charge < -0.3 is 15.4 Å². The summed E-state index contributed by atoms with van der Waals surface area (Å²) >= 11 is 0. The zero-order chi connectivity index (χ0) is 24.8. The minimum atomic E-state index is -2.73. The fourth-order valence-corrected chi connectivity index (χ4v) is 7.39. The summed E-state index contributed by atoms with van der Waals surface area (Å²) in [5, 5.41) is 22.0. The minimum Gasteiger partial charge on any atom is -0.423 e. The van der Waals surface area contributed by atoms with Crippen molar-refractivity contribution in [2.45, 2.75) is 70.3 Å².